The van der Waals surface area contributed by atoms with Crippen molar-refractivity contribution in [3.05, 3.63) is 0 Å². The van der Waals surface area contributed by atoms with E-state index in [4.69, 9.17) is 10.4 Å². The van der Waals surface area contributed by atoms with Crippen molar-refractivity contribution in [2.75, 3.05) is 0 Å². The lowest BCUT2D eigenvalue weighted by molar-refractivity contribution is 0.0950. The fraction of sp³-hybridized carbons (Fsp3) is 0.800. The van der Waals surface area contributed by atoms with Crippen LogP contribution in [0.15, 0.2) is 0 Å². The maximum atomic E-state index is 8.45. The molecule has 0 aromatic rings. The van der Waals surface area contributed by atoms with Crippen LogP contribution in [0.3, 0.4) is 0 Å². The summed E-state index contributed by atoms with van der Waals surface area (Å²) in [5.41, 5.74) is 0. The van der Waals surface area contributed by atoms with Crippen LogP contribution in [-0.4, -0.2) is 11.2 Å². The summed E-state index contributed by atoms with van der Waals surface area (Å²) >= 11 is 0. The van der Waals surface area contributed by atoms with E-state index in [0.717, 1.165) is 12.8 Å². The molecule has 0 aromatic carbocycles. The first kappa shape index (κ1) is 6.45. The van der Waals surface area contributed by atoms with E-state index in [0.29, 0.717) is 0 Å². The van der Waals surface area contributed by atoms with Crippen LogP contribution < -0.4 is 0 Å². The second-order valence-electron chi connectivity index (χ2n) is 1.58. The van der Waals surface area contributed by atoms with Crippen LogP contribution in [0.4, 0.5) is 0 Å². The number of nitriles is 1. The van der Waals surface area contributed by atoms with Gasteiger partial charge in [0.1, 0.15) is 0 Å². The number of hydrogen-bond acceptors (Lipinski definition) is 2. The molecule has 0 unspecified atom stereocenters. The molecule has 0 heterocycles. The fourth-order valence-electron chi connectivity index (χ4n) is 0.387. The Labute approximate surface area is 43.4 Å². The Kier molecular flexibility index (Phi) is 3.35. The molecule has 1 saturated carbocycles. The summed E-state index contributed by atoms with van der Waals surface area (Å²) in [5, 5.41) is 14.9. The van der Waals surface area contributed by atoms with Gasteiger partial charge in [-0.2, -0.15) is 0 Å². The number of rotatable bonds is 0. The molecule has 1 fully saturated rings. The molecular formula is C5H9NO. The molecule has 0 bridgehead atoms. The SMILES string of the molecule is C#N.OC1CCC1. The van der Waals surface area contributed by atoms with Crippen LogP contribution >= 0.6 is 0 Å². The van der Waals surface area contributed by atoms with E-state index in [-0.39, 0.29) is 6.10 Å². The fourth-order valence-corrected chi connectivity index (χ4v) is 0.387. The molecule has 0 aromatic heterocycles. The highest BCUT2D eigenvalue weighted by molar-refractivity contribution is 4.65. The lowest BCUT2D eigenvalue weighted by atomic mass is 9.97. The molecule has 7 heavy (non-hydrogen) atoms. The third kappa shape index (κ3) is 2.18. The largest absolute Gasteiger partial charge is 0.393 e. The zero-order valence-electron chi connectivity index (χ0n) is 4.17. The van der Waals surface area contributed by atoms with Crippen LogP contribution in [0.1, 0.15) is 19.3 Å². The van der Waals surface area contributed by atoms with Gasteiger partial charge in [0.2, 0.25) is 0 Å². The van der Waals surface area contributed by atoms with E-state index in [1.807, 2.05) is 0 Å². The molecule has 1 aliphatic carbocycles. The summed E-state index contributed by atoms with van der Waals surface area (Å²) in [6, 6.07) is 0. The van der Waals surface area contributed by atoms with Gasteiger partial charge in [-0.25, -0.2) is 5.26 Å². The molecule has 1 aliphatic rings. The zero-order valence-corrected chi connectivity index (χ0v) is 4.17. The molecule has 0 spiro atoms. The van der Waals surface area contributed by atoms with Crippen molar-refractivity contribution in [2.45, 2.75) is 25.4 Å². The van der Waals surface area contributed by atoms with Gasteiger partial charge < -0.3 is 5.11 Å². The second kappa shape index (κ2) is 3.63. The second-order valence-corrected chi connectivity index (χ2v) is 1.58. The third-order valence-corrected chi connectivity index (χ3v) is 1.07. The Balaban J connectivity index is 0.000000162. The monoisotopic (exact) mass is 99.1 g/mol. The number of nitrogens with zero attached hydrogens (tertiary/aromatic N) is 1. The highest BCUT2D eigenvalue weighted by atomic mass is 16.3. The predicted octanol–water partition coefficient (Wildman–Crippen LogP) is 0.671. The van der Waals surface area contributed by atoms with Gasteiger partial charge in [0.25, 0.3) is 0 Å². The molecule has 1 N–H and O–H groups in total. The van der Waals surface area contributed by atoms with Gasteiger partial charge in [-0.05, 0) is 19.3 Å². The minimum atomic E-state index is 0.0648. The molecule has 40 valence electrons. The lowest BCUT2D eigenvalue weighted by Crippen LogP contribution is -2.15. The van der Waals surface area contributed by atoms with Crippen LogP contribution in [0, 0.1) is 11.8 Å². The van der Waals surface area contributed by atoms with E-state index in [2.05, 4.69) is 6.57 Å². The van der Waals surface area contributed by atoms with E-state index >= 15 is 0 Å². The Hall–Kier alpha value is -0.550. The first-order valence-corrected chi connectivity index (χ1v) is 2.33. The van der Waals surface area contributed by atoms with Crippen molar-refractivity contribution in [3.63, 3.8) is 0 Å². The standard InChI is InChI=1S/C4H8O.CHN/c5-4-2-1-3-4;1-2/h4-5H,1-3H2;1H. The van der Waals surface area contributed by atoms with Gasteiger partial charge in [0.05, 0.1) is 6.10 Å². The quantitative estimate of drug-likeness (QED) is 0.485. The summed E-state index contributed by atoms with van der Waals surface area (Å²) < 4.78 is 0. The van der Waals surface area contributed by atoms with Crippen molar-refractivity contribution < 1.29 is 5.11 Å². The Morgan fingerprint density at radius 3 is 1.71 bits per heavy atom. The average molecular weight is 99.1 g/mol. The van der Waals surface area contributed by atoms with Crippen molar-refractivity contribution in [2.24, 2.45) is 0 Å². The van der Waals surface area contributed by atoms with Gasteiger partial charge >= 0.3 is 0 Å². The van der Waals surface area contributed by atoms with Gasteiger partial charge in [-0.15, -0.1) is 0 Å². The number of aliphatic hydroxyl groups excluding tert-OH is 1. The summed E-state index contributed by atoms with van der Waals surface area (Å²) in [7, 11) is 0. The highest BCUT2D eigenvalue weighted by Gasteiger charge is 2.11. The Morgan fingerprint density at radius 2 is 1.71 bits per heavy atom. The van der Waals surface area contributed by atoms with Crippen LogP contribution in [-0.2, 0) is 0 Å². The maximum Gasteiger partial charge on any atom is 0.0540 e. The molecule has 0 saturated heterocycles. The van der Waals surface area contributed by atoms with Gasteiger partial charge in [-0.1, -0.05) is 0 Å². The molecule has 1 rings (SSSR count). The number of hydrogen-bond donors (Lipinski definition) is 1. The van der Waals surface area contributed by atoms with E-state index < -0.39 is 0 Å². The molecule has 0 amide bonds. The van der Waals surface area contributed by atoms with E-state index in [9.17, 15) is 0 Å². The highest BCUT2D eigenvalue weighted by Crippen LogP contribution is 2.16. The predicted molar refractivity (Wildman–Crippen MR) is 26.5 cm³/mol. The van der Waals surface area contributed by atoms with Gasteiger partial charge in [0, 0.05) is 6.57 Å². The Bertz CT molecular complexity index is 56.3. The number of aliphatic hydroxyl groups is 1. The summed E-state index contributed by atoms with van der Waals surface area (Å²) in [6.45, 7) is 3.50. The molecular weight excluding hydrogens is 90.1 g/mol. The first-order valence-electron chi connectivity index (χ1n) is 2.33. The smallest absolute Gasteiger partial charge is 0.0540 e. The van der Waals surface area contributed by atoms with Crippen LogP contribution in [0.25, 0.3) is 0 Å². The summed E-state index contributed by atoms with van der Waals surface area (Å²) in [4.78, 5) is 0. The first-order chi connectivity index (χ1) is 3.39. The maximum absolute atomic E-state index is 8.45. The minimum absolute atomic E-state index is 0.0648. The normalized spacial score (nSPS) is 18.7. The summed E-state index contributed by atoms with van der Waals surface area (Å²) in [6.07, 6.45) is 3.39. The van der Waals surface area contributed by atoms with E-state index in [1.54, 1.807) is 0 Å². The van der Waals surface area contributed by atoms with Crippen molar-refractivity contribution in [3.8, 4) is 6.57 Å². The minimum Gasteiger partial charge on any atom is -0.393 e. The zero-order chi connectivity index (χ0) is 5.70. The lowest BCUT2D eigenvalue weighted by Gasteiger charge is -2.17. The molecule has 2 heteroatoms. The van der Waals surface area contributed by atoms with Crippen molar-refractivity contribution in [1.82, 2.24) is 0 Å². The topological polar surface area (TPSA) is 44.0 Å². The third-order valence-electron chi connectivity index (χ3n) is 1.07. The molecule has 0 atom stereocenters. The van der Waals surface area contributed by atoms with E-state index in [1.165, 1.54) is 6.42 Å². The Morgan fingerprint density at radius 1 is 1.43 bits per heavy atom. The average Bonchev–Trinajstić information content (AvgIpc) is 1.68. The van der Waals surface area contributed by atoms with Crippen molar-refractivity contribution in [1.29, 1.82) is 5.26 Å². The van der Waals surface area contributed by atoms with Crippen LogP contribution in [0.2, 0.25) is 0 Å². The van der Waals surface area contributed by atoms with Crippen molar-refractivity contribution >= 4 is 0 Å². The van der Waals surface area contributed by atoms with Gasteiger partial charge in [-0.3, -0.25) is 0 Å². The van der Waals surface area contributed by atoms with Crippen LogP contribution in [0.5, 0.6) is 0 Å². The summed E-state index contributed by atoms with van der Waals surface area (Å²) in [5.74, 6) is 0. The molecule has 2 nitrogen and oxygen atoms in total. The molecule has 0 aliphatic heterocycles. The van der Waals surface area contributed by atoms with Gasteiger partial charge in [0.15, 0.2) is 0 Å². The molecule has 0 radical (unpaired) electrons.